The van der Waals surface area contributed by atoms with Crippen LogP contribution >= 0.6 is 0 Å². The van der Waals surface area contributed by atoms with E-state index in [0.717, 1.165) is 32.2 Å². The average molecular weight is 407 g/mol. The predicted molar refractivity (Wildman–Crippen MR) is 123 cm³/mol. The molecule has 0 aromatic rings. The van der Waals surface area contributed by atoms with Crippen molar-refractivity contribution in [3.8, 4) is 0 Å². The number of carbonyl (C=O) groups excluding carboxylic acids is 2. The van der Waals surface area contributed by atoms with Crippen molar-refractivity contribution in [2.45, 2.75) is 104 Å². The second-order valence-corrected chi connectivity index (χ2v) is 9.02. The highest BCUT2D eigenvalue weighted by Gasteiger charge is 2.38. The minimum Gasteiger partial charge on any atom is -0.309 e. The van der Waals surface area contributed by atoms with Crippen LogP contribution in [-0.4, -0.2) is 48.8 Å². The van der Waals surface area contributed by atoms with Crippen LogP contribution < -0.4 is 0 Å². The number of likely N-dealkylation sites (tertiary alicyclic amines) is 1. The Morgan fingerprint density at radius 3 is 2.28 bits per heavy atom. The van der Waals surface area contributed by atoms with Crippen molar-refractivity contribution in [2.24, 2.45) is 5.92 Å². The van der Waals surface area contributed by atoms with Crippen molar-refractivity contribution in [3.63, 3.8) is 0 Å². The zero-order valence-electron chi connectivity index (χ0n) is 19.7. The lowest BCUT2D eigenvalue weighted by Crippen LogP contribution is -2.33. The summed E-state index contributed by atoms with van der Waals surface area (Å²) in [6.45, 7) is 5.96. The normalized spacial score (nSPS) is 17.8. The molecular formula is C25H46N2O2. The summed E-state index contributed by atoms with van der Waals surface area (Å²) in [7, 11) is 4.04. The smallest absolute Gasteiger partial charge is 0.233 e. The first-order valence-electron chi connectivity index (χ1n) is 12.2. The lowest BCUT2D eigenvalue weighted by Gasteiger charge is -2.17. The van der Waals surface area contributed by atoms with Gasteiger partial charge in [-0.1, -0.05) is 70.4 Å². The minimum absolute atomic E-state index is 0.0312. The topological polar surface area (TPSA) is 40.6 Å². The Bertz CT molecular complexity index is 499. The van der Waals surface area contributed by atoms with Gasteiger partial charge in [-0.2, -0.15) is 0 Å². The van der Waals surface area contributed by atoms with Gasteiger partial charge in [-0.05, 0) is 59.2 Å². The second-order valence-electron chi connectivity index (χ2n) is 9.02. The lowest BCUT2D eigenvalue weighted by molar-refractivity contribution is -0.139. The van der Waals surface area contributed by atoms with Crippen molar-refractivity contribution < 1.29 is 9.59 Å². The monoisotopic (exact) mass is 406 g/mol. The summed E-state index contributed by atoms with van der Waals surface area (Å²) in [6, 6.07) is 0. The summed E-state index contributed by atoms with van der Waals surface area (Å²) in [5.74, 6) is -0.0285. The zero-order valence-corrected chi connectivity index (χ0v) is 19.7. The number of rotatable bonds is 17. The van der Waals surface area contributed by atoms with Gasteiger partial charge >= 0.3 is 0 Å². The van der Waals surface area contributed by atoms with Crippen LogP contribution in [0, 0.1) is 5.92 Å². The fourth-order valence-electron chi connectivity index (χ4n) is 4.13. The average Bonchev–Trinajstić information content (AvgIpc) is 2.94. The van der Waals surface area contributed by atoms with Gasteiger partial charge in [0.25, 0.3) is 0 Å². The molecule has 4 nitrogen and oxygen atoms in total. The first-order valence-corrected chi connectivity index (χ1v) is 12.2. The van der Waals surface area contributed by atoms with Crippen molar-refractivity contribution in [3.05, 3.63) is 11.6 Å². The molecule has 1 heterocycles. The van der Waals surface area contributed by atoms with Crippen molar-refractivity contribution in [1.82, 2.24) is 9.80 Å². The molecule has 0 N–H and O–H groups in total. The SMILES string of the molecule is CCCCCCC/C=C(\CCCCCC)CC1CC(=O)N(CCCN(C)C)C1=O. The van der Waals surface area contributed by atoms with Crippen molar-refractivity contribution in [1.29, 1.82) is 0 Å². The highest BCUT2D eigenvalue weighted by molar-refractivity contribution is 6.03. The standard InChI is InChI=1S/C25H46N2O2/c1-5-7-9-11-12-14-17-22(16-13-10-8-6-2)20-23-21-24(28)27(25(23)29)19-15-18-26(3)4/h17,23H,5-16,18-21H2,1-4H3/b22-17+. The summed E-state index contributed by atoms with van der Waals surface area (Å²) >= 11 is 0. The number of allylic oxidation sites excluding steroid dienone is 2. The van der Waals surface area contributed by atoms with Gasteiger partial charge in [0.1, 0.15) is 0 Å². The van der Waals surface area contributed by atoms with Crippen LogP contribution in [0.15, 0.2) is 11.6 Å². The van der Waals surface area contributed by atoms with E-state index >= 15 is 0 Å². The minimum atomic E-state index is -0.126. The maximum Gasteiger partial charge on any atom is 0.233 e. The Labute approximate surface area is 180 Å². The van der Waals surface area contributed by atoms with E-state index in [4.69, 9.17) is 0 Å². The second kappa shape index (κ2) is 15.6. The van der Waals surface area contributed by atoms with Gasteiger partial charge in [-0.15, -0.1) is 0 Å². The fourth-order valence-corrected chi connectivity index (χ4v) is 4.13. The Balaban J connectivity index is 2.56. The number of unbranched alkanes of at least 4 members (excludes halogenated alkanes) is 8. The molecule has 1 aliphatic heterocycles. The number of hydrogen-bond donors (Lipinski definition) is 0. The molecule has 168 valence electrons. The van der Waals surface area contributed by atoms with Crippen LogP contribution in [0.1, 0.15) is 104 Å². The molecule has 1 fully saturated rings. The fraction of sp³-hybridized carbons (Fsp3) is 0.840. The predicted octanol–water partition coefficient (Wildman–Crippen LogP) is 5.96. The quantitative estimate of drug-likeness (QED) is 0.170. The van der Waals surface area contributed by atoms with Gasteiger partial charge in [-0.25, -0.2) is 0 Å². The summed E-state index contributed by atoms with van der Waals surface area (Å²) in [6.07, 6.45) is 18.1. The summed E-state index contributed by atoms with van der Waals surface area (Å²) < 4.78 is 0. The maximum atomic E-state index is 12.8. The number of amides is 2. The highest BCUT2D eigenvalue weighted by atomic mass is 16.2. The van der Waals surface area contributed by atoms with E-state index in [9.17, 15) is 9.59 Å². The number of carbonyl (C=O) groups is 2. The first-order chi connectivity index (χ1) is 14.0. The van der Waals surface area contributed by atoms with Gasteiger partial charge in [0.2, 0.25) is 11.8 Å². The molecule has 1 unspecified atom stereocenters. The maximum absolute atomic E-state index is 12.8. The summed E-state index contributed by atoms with van der Waals surface area (Å²) in [5, 5.41) is 0. The molecule has 0 aromatic heterocycles. The Morgan fingerprint density at radius 1 is 0.966 bits per heavy atom. The molecule has 0 radical (unpaired) electrons. The van der Waals surface area contributed by atoms with Crippen LogP contribution in [0.5, 0.6) is 0 Å². The van der Waals surface area contributed by atoms with Crippen LogP contribution in [0.3, 0.4) is 0 Å². The molecular weight excluding hydrogens is 360 g/mol. The third-order valence-electron chi connectivity index (χ3n) is 5.93. The third-order valence-corrected chi connectivity index (χ3v) is 5.93. The van der Waals surface area contributed by atoms with E-state index in [2.05, 4.69) is 24.8 Å². The van der Waals surface area contributed by atoms with E-state index in [1.807, 2.05) is 14.1 Å². The Hall–Kier alpha value is -1.16. The van der Waals surface area contributed by atoms with Gasteiger partial charge in [0, 0.05) is 13.0 Å². The van der Waals surface area contributed by atoms with E-state index in [1.54, 1.807) is 0 Å². The Kier molecular flexibility index (Phi) is 14.0. The molecule has 1 aliphatic rings. The van der Waals surface area contributed by atoms with Gasteiger partial charge < -0.3 is 4.90 Å². The van der Waals surface area contributed by atoms with Crippen LogP contribution in [0.25, 0.3) is 0 Å². The summed E-state index contributed by atoms with van der Waals surface area (Å²) in [4.78, 5) is 28.8. The third kappa shape index (κ3) is 11.0. The number of nitrogens with zero attached hydrogens (tertiary/aromatic N) is 2. The molecule has 0 spiro atoms. The van der Waals surface area contributed by atoms with Gasteiger partial charge in [-0.3, -0.25) is 14.5 Å². The summed E-state index contributed by atoms with van der Waals surface area (Å²) in [5.41, 5.74) is 1.41. The van der Waals surface area contributed by atoms with Crippen molar-refractivity contribution >= 4 is 11.8 Å². The Morgan fingerprint density at radius 2 is 1.62 bits per heavy atom. The molecule has 1 saturated heterocycles. The van der Waals surface area contributed by atoms with Crippen LogP contribution in [-0.2, 0) is 9.59 Å². The highest BCUT2D eigenvalue weighted by Crippen LogP contribution is 2.29. The van der Waals surface area contributed by atoms with E-state index < -0.39 is 0 Å². The molecule has 0 saturated carbocycles. The number of hydrogen-bond acceptors (Lipinski definition) is 3. The van der Waals surface area contributed by atoms with Gasteiger partial charge in [0.15, 0.2) is 0 Å². The van der Waals surface area contributed by atoms with Crippen LogP contribution in [0.4, 0.5) is 0 Å². The molecule has 0 aliphatic carbocycles. The number of imide groups is 1. The molecule has 1 atom stereocenters. The van der Waals surface area contributed by atoms with E-state index in [-0.39, 0.29) is 17.7 Å². The molecule has 0 aromatic carbocycles. The largest absolute Gasteiger partial charge is 0.309 e. The molecule has 2 amide bonds. The molecule has 4 heteroatoms. The van der Waals surface area contributed by atoms with Gasteiger partial charge in [0.05, 0.1) is 5.92 Å². The molecule has 1 rings (SSSR count). The first kappa shape index (κ1) is 25.9. The molecule has 0 bridgehead atoms. The van der Waals surface area contributed by atoms with Crippen molar-refractivity contribution in [2.75, 3.05) is 27.2 Å². The zero-order chi connectivity index (χ0) is 21.5. The lowest BCUT2D eigenvalue weighted by atomic mass is 9.93. The van der Waals surface area contributed by atoms with Crippen LogP contribution in [0.2, 0.25) is 0 Å². The van der Waals surface area contributed by atoms with E-state index in [1.165, 1.54) is 68.3 Å². The molecule has 29 heavy (non-hydrogen) atoms. The van der Waals surface area contributed by atoms with E-state index in [0.29, 0.717) is 13.0 Å².